The molecule has 3 nitrogen and oxygen atoms in total. The number of nitrogens with one attached hydrogen (secondary N) is 1. The maximum Gasteiger partial charge on any atom is 0.145 e. The van der Waals surface area contributed by atoms with Crippen molar-refractivity contribution in [2.75, 3.05) is 6.54 Å². The smallest absolute Gasteiger partial charge is 0.145 e. The van der Waals surface area contributed by atoms with Crippen LogP contribution in [0.3, 0.4) is 0 Å². The predicted molar refractivity (Wildman–Crippen MR) is 85.3 cm³/mol. The van der Waals surface area contributed by atoms with Gasteiger partial charge in [-0.25, -0.2) is 4.39 Å². The van der Waals surface area contributed by atoms with Crippen LogP contribution in [0.2, 0.25) is 0 Å². The second-order valence-electron chi connectivity index (χ2n) is 5.56. The Morgan fingerprint density at radius 1 is 1.18 bits per heavy atom. The summed E-state index contributed by atoms with van der Waals surface area (Å²) in [6.07, 6.45) is 0.774. The minimum Gasteiger partial charge on any atom is -0.390 e. The summed E-state index contributed by atoms with van der Waals surface area (Å²) in [4.78, 5) is 5.45. The lowest BCUT2D eigenvalue weighted by Crippen LogP contribution is -2.27. The number of hydrogen-bond donors (Lipinski definition) is 1. The molecular formula is C18H19FN2O. The third kappa shape index (κ3) is 3.52. The fraction of sp³-hybridized carbons (Fsp3) is 0.278. The van der Waals surface area contributed by atoms with E-state index < -0.39 is 0 Å². The molecule has 0 aromatic heterocycles. The van der Waals surface area contributed by atoms with Gasteiger partial charge in [-0.05, 0) is 18.6 Å². The van der Waals surface area contributed by atoms with Crippen molar-refractivity contribution in [2.24, 2.45) is 5.16 Å². The van der Waals surface area contributed by atoms with Crippen LogP contribution in [0.25, 0.3) is 0 Å². The highest BCUT2D eigenvalue weighted by Gasteiger charge is 2.21. The lowest BCUT2D eigenvalue weighted by molar-refractivity contribution is 0.0848. The van der Waals surface area contributed by atoms with Gasteiger partial charge < -0.3 is 10.2 Å². The zero-order valence-electron chi connectivity index (χ0n) is 12.6. The van der Waals surface area contributed by atoms with Crippen LogP contribution in [-0.2, 0) is 11.4 Å². The lowest BCUT2D eigenvalue weighted by Gasteiger charge is -2.10. The van der Waals surface area contributed by atoms with Crippen molar-refractivity contribution in [3.05, 3.63) is 71.0 Å². The van der Waals surface area contributed by atoms with Crippen molar-refractivity contribution in [2.45, 2.75) is 26.0 Å². The Morgan fingerprint density at radius 3 is 2.73 bits per heavy atom. The summed E-state index contributed by atoms with van der Waals surface area (Å²) in [5, 5.41) is 7.39. The molecule has 0 amide bonds. The number of oxime groups is 1. The number of benzene rings is 2. The van der Waals surface area contributed by atoms with Crippen LogP contribution in [0.15, 0.2) is 53.7 Å². The topological polar surface area (TPSA) is 33.6 Å². The molecule has 2 aromatic carbocycles. The van der Waals surface area contributed by atoms with Gasteiger partial charge in [0.1, 0.15) is 11.9 Å². The first-order valence-electron chi connectivity index (χ1n) is 7.46. The molecule has 0 fully saturated rings. The van der Waals surface area contributed by atoms with Crippen LogP contribution in [0, 0.1) is 12.7 Å². The summed E-state index contributed by atoms with van der Waals surface area (Å²) in [6, 6.07) is 15.1. The van der Waals surface area contributed by atoms with Crippen LogP contribution < -0.4 is 5.32 Å². The molecule has 22 heavy (non-hydrogen) atoms. The van der Waals surface area contributed by atoms with Crippen molar-refractivity contribution >= 4 is 5.71 Å². The minimum atomic E-state index is -0.182. The quantitative estimate of drug-likeness (QED) is 0.917. The number of nitrogens with zero attached hydrogens (tertiary/aromatic N) is 1. The van der Waals surface area contributed by atoms with E-state index in [-0.39, 0.29) is 11.9 Å². The summed E-state index contributed by atoms with van der Waals surface area (Å²) in [6.45, 7) is 3.20. The summed E-state index contributed by atoms with van der Waals surface area (Å²) in [7, 11) is 0. The molecule has 114 valence electrons. The van der Waals surface area contributed by atoms with Gasteiger partial charge in [-0.2, -0.15) is 0 Å². The largest absolute Gasteiger partial charge is 0.390 e. The molecule has 3 rings (SSSR count). The van der Waals surface area contributed by atoms with E-state index in [0.29, 0.717) is 18.7 Å². The number of aryl methyl sites for hydroxylation is 1. The zero-order chi connectivity index (χ0) is 15.4. The molecule has 1 aliphatic heterocycles. The molecule has 1 atom stereocenters. The Labute approximate surface area is 129 Å². The van der Waals surface area contributed by atoms with Gasteiger partial charge in [0.05, 0.1) is 5.71 Å². The Kier molecular flexibility index (Phi) is 4.49. The van der Waals surface area contributed by atoms with Crippen molar-refractivity contribution < 1.29 is 9.23 Å². The predicted octanol–water partition coefficient (Wildman–Crippen LogP) is 3.42. The lowest BCUT2D eigenvalue weighted by atomic mass is 10.0. The van der Waals surface area contributed by atoms with E-state index in [0.717, 1.165) is 17.7 Å². The normalized spacial score (nSPS) is 17.2. The van der Waals surface area contributed by atoms with Gasteiger partial charge in [0.15, 0.2) is 0 Å². The average Bonchev–Trinajstić information content (AvgIpc) is 2.99. The van der Waals surface area contributed by atoms with Crippen LogP contribution in [0.5, 0.6) is 0 Å². The van der Waals surface area contributed by atoms with E-state index in [1.54, 1.807) is 12.1 Å². The molecule has 1 heterocycles. The van der Waals surface area contributed by atoms with Crippen LogP contribution in [-0.4, -0.2) is 18.4 Å². The summed E-state index contributed by atoms with van der Waals surface area (Å²) in [5.41, 5.74) is 3.96. The van der Waals surface area contributed by atoms with Gasteiger partial charge >= 0.3 is 0 Å². The minimum absolute atomic E-state index is 0.00285. The van der Waals surface area contributed by atoms with E-state index in [4.69, 9.17) is 4.84 Å². The Morgan fingerprint density at radius 2 is 1.95 bits per heavy atom. The first-order valence-corrected chi connectivity index (χ1v) is 7.46. The first kappa shape index (κ1) is 14.7. The van der Waals surface area contributed by atoms with E-state index in [1.807, 2.05) is 6.07 Å². The van der Waals surface area contributed by atoms with Crippen LogP contribution in [0.1, 0.15) is 23.1 Å². The van der Waals surface area contributed by atoms with Crippen LogP contribution in [0.4, 0.5) is 4.39 Å². The molecule has 0 saturated heterocycles. The Bertz CT molecular complexity index is 667. The molecule has 0 bridgehead atoms. The molecule has 0 aliphatic carbocycles. The monoisotopic (exact) mass is 298 g/mol. The first-order chi connectivity index (χ1) is 10.7. The Hall–Kier alpha value is -2.20. The maximum atomic E-state index is 13.5. The molecule has 2 aromatic rings. The molecule has 0 radical (unpaired) electrons. The van der Waals surface area contributed by atoms with E-state index in [2.05, 4.69) is 41.7 Å². The van der Waals surface area contributed by atoms with E-state index >= 15 is 0 Å². The standard InChI is InChI=1S/C18H19FN2O/c1-13-6-8-14(9-7-13)18-10-16(22-21-18)12-20-11-15-4-2-3-5-17(15)19/h2-9,16,20H,10-12H2,1H3/t16-/m0/s1. The summed E-state index contributed by atoms with van der Waals surface area (Å²) in [5.74, 6) is -0.182. The zero-order valence-corrected chi connectivity index (χ0v) is 12.6. The highest BCUT2D eigenvalue weighted by Crippen LogP contribution is 2.17. The molecule has 1 N–H and O–H groups in total. The van der Waals surface area contributed by atoms with Crippen molar-refractivity contribution in [1.29, 1.82) is 0 Å². The van der Waals surface area contributed by atoms with Gasteiger partial charge in [-0.15, -0.1) is 0 Å². The van der Waals surface area contributed by atoms with Gasteiger partial charge in [0.2, 0.25) is 0 Å². The highest BCUT2D eigenvalue weighted by molar-refractivity contribution is 6.01. The van der Waals surface area contributed by atoms with Gasteiger partial charge in [-0.1, -0.05) is 53.2 Å². The molecule has 0 saturated carbocycles. The maximum absolute atomic E-state index is 13.5. The molecule has 1 aliphatic rings. The van der Waals surface area contributed by atoms with E-state index in [9.17, 15) is 4.39 Å². The summed E-state index contributed by atoms with van der Waals surface area (Å²) >= 11 is 0. The van der Waals surface area contributed by atoms with Crippen molar-refractivity contribution in [3.8, 4) is 0 Å². The van der Waals surface area contributed by atoms with Crippen molar-refractivity contribution in [3.63, 3.8) is 0 Å². The molecular weight excluding hydrogens is 279 g/mol. The molecule has 0 unspecified atom stereocenters. The van der Waals surface area contributed by atoms with Gasteiger partial charge in [0.25, 0.3) is 0 Å². The average molecular weight is 298 g/mol. The van der Waals surface area contributed by atoms with E-state index in [1.165, 1.54) is 11.6 Å². The fourth-order valence-corrected chi connectivity index (χ4v) is 2.46. The molecule has 0 spiro atoms. The third-order valence-corrected chi connectivity index (χ3v) is 3.76. The van der Waals surface area contributed by atoms with Crippen LogP contribution >= 0.6 is 0 Å². The molecule has 4 heteroatoms. The number of rotatable bonds is 5. The second kappa shape index (κ2) is 6.71. The third-order valence-electron chi connectivity index (χ3n) is 3.76. The number of hydrogen-bond acceptors (Lipinski definition) is 3. The second-order valence-corrected chi connectivity index (χ2v) is 5.56. The highest BCUT2D eigenvalue weighted by atomic mass is 19.1. The summed E-state index contributed by atoms with van der Waals surface area (Å²) < 4.78 is 13.5. The fourth-order valence-electron chi connectivity index (χ4n) is 2.46. The van der Waals surface area contributed by atoms with Crippen molar-refractivity contribution in [1.82, 2.24) is 5.32 Å². The van der Waals surface area contributed by atoms with Gasteiger partial charge in [0, 0.05) is 25.1 Å². The number of halogens is 1. The van der Waals surface area contributed by atoms with Gasteiger partial charge in [-0.3, -0.25) is 0 Å². The SMILES string of the molecule is Cc1ccc(C2=NO[C@H](CNCc3ccccc3F)C2)cc1. The Balaban J connectivity index is 1.48.